The molecule has 0 aliphatic heterocycles. The molecule has 0 radical (unpaired) electrons. The number of nitrogens with zero attached hydrogens (tertiary/aromatic N) is 3. The number of nitrogens with one attached hydrogen (secondary N) is 1. The number of imidazole rings is 1. The van der Waals surface area contributed by atoms with Crippen LogP contribution in [0.3, 0.4) is 0 Å². The van der Waals surface area contributed by atoms with Crippen LogP contribution in [-0.2, 0) is 22.2 Å². The maximum Gasteiger partial charge on any atom is 0.268 e. The number of unbranched alkanes of at least 4 members (excludes halogenated alkanes) is 1. The fourth-order valence-corrected chi connectivity index (χ4v) is 5.77. The summed E-state index contributed by atoms with van der Waals surface area (Å²) in [6, 6.07) is 18.5. The molecule has 0 aliphatic rings. The third kappa shape index (κ3) is 8.20. The van der Waals surface area contributed by atoms with E-state index in [0.717, 1.165) is 48.8 Å². The number of benzene rings is 2. The molecule has 224 valence electrons. The van der Waals surface area contributed by atoms with E-state index in [1.165, 1.54) is 5.56 Å². The Kier molecular flexibility index (Phi) is 10.1. The first-order valence-electron chi connectivity index (χ1n) is 14.8. The lowest BCUT2D eigenvalue weighted by Crippen LogP contribution is -2.42. The summed E-state index contributed by atoms with van der Waals surface area (Å²) >= 11 is 0. The Morgan fingerprint density at radius 1 is 1.07 bits per heavy atom. The molecule has 0 fully saturated rings. The number of nitrogens with two attached hydrogens (primary N) is 1. The molecule has 0 saturated carbocycles. The fraction of sp³-hybridized carbons (Fsp3) is 0.424. The molecule has 0 unspecified atom stereocenters. The first kappa shape index (κ1) is 31.2. The van der Waals surface area contributed by atoms with Gasteiger partial charge in [-0.05, 0) is 73.0 Å². The van der Waals surface area contributed by atoms with Gasteiger partial charge in [-0.1, -0.05) is 57.2 Å². The maximum absolute atomic E-state index is 12.7. The largest absolute Gasteiger partial charge is 0.415 e. The molecule has 4 aromatic rings. The number of aryl methyl sites for hydroxylation is 2. The van der Waals surface area contributed by atoms with Gasteiger partial charge in [0.25, 0.3) is 5.91 Å². The SMILES string of the molecule is CC(C)(C)[Si](C)(C)OC[C@@H](CCn1ccc2ccc(NC(=O)CCCCc3ccccc3)cc21)n1cnc(C(N)=O)c1. The van der Waals surface area contributed by atoms with Crippen molar-refractivity contribution in [3.8, 4) is 0 Å². The van der Waals surface area contributed by atoms with E-state index in [1.54, 1.807) is 12.5 Å². The maximum atomic E-state index is 12.7. The molecule has 0 bridgehead atoms. The molecule has 9 heteroatoms. The highest BCUT2D eigenvalue weighted by Crippen LogP contribution is 2.37. The van der Waals surface area contributed by atoms with Crippen molar-refractivity contribution in [1.29, 1.82) is 0 Å². The Balaban J connectivity index is 1.40. The van der Waals surface area contributed by atoms with Gasteiger partial charge < -0.3 is 24.6 Å². The van der Waals surface area contributed by atoms with Crippen molar-refractivity contribution in [1.82, 2.24) is 14.1 Å². The summed E-state index contributed by atoms with van der Waals surface area (Å²) in [5.74, 6) is -0.506. The molecule has 2 heterocycles. The Bertz CT molecular complexity index is 1490. The predicted molar refractivity (Wildman–Crippen MR) is 172 cm³/mol. The van der Waals surface area contributed by atoms with Crippen LogP contribution in [0.4, 0.5) is 5.69 Å². The van der Waals surface area contributed by atoms with Crippen LogP contribution in [0.5, 0.6) is 0 Å². The zero-order valence-corrected chi connectivity index (χ0v) is 26.6. The zero-order valence-electron chi connectivity index (χ0n) is 25.6. The Labute approximate surface area is 250 Å². The molecule has 42 heavy (non-hydrogen) atoms. The van der Waals surface area contributed by atoms with E-state index >= 15 is 0 Å². The summed E-state index contributed by atoms with van der Waals surface area (Å²) in [6.45, 7) is 12.4. The topological polar surface area (TPSA) is 104 Å². The molecule has 0 saturated heterocycles. The van der Waals surface area contributed by atoms with Gasteiger partial charge in [0.15, 0.2) is 8.32 Å². The van der Waals surface area contributed by atoms with E-state index in [0.29, 0.717) is 13.0 Å². The lowest BCUT2D eigenvalue weighted by molar-refractivity contribution is -0.116. The quantitative estimate of drug-likeness (QED) is 0.123. The number of carbonyl (C=O) groups excluding carboxylic acids is 2. The van der Waals surface area contributed by atoms with Crippen molar-refractivity contribution in [3.63, 3.8) is 0 Å². The number of hydrogen-bond donors (Lipinski definition) is 2. The lowest BCUT2D eigenvalue weighted by Gasteiger charge is -2.37. The van der Waals surface area contributed by atoms with E-state index in [9.17, 15) is 9.59 Å². The summed E-state index contributed by atoms with van der Waals surface area (Å²) in [6.07, 6.45) is 9.54. The lowest BCUT2D eigenvalue weighted by atomic mass is 10.1. The van der Waals surface area contributed by atoms with Gasteiger partial charge in [-0.15, -0.1) is 0 Å². The zero-order chi connectivity index (χ0) is 30.3. The summed E-state index contributed by atoms with van der Waals surface area (Å²) in [4.78, 5) is 28.6. The third-order valence-corrected chi connectivity index (χ3v) is 12.9. The molecule has 1 atom stereocenters. The second-order valence-corrected chi connectivity index (χ2v) is 17.4. The van der Waals surface area contributed by atoms with Gasteiger partial charge in [0.05, 0.1) is 24.5 Å². The molecule has 0 aliphatic carbocycles. The average Bonchev–Trinajstić information content (AvgIpc) is 3.59. The number of primary amides is 1. The average molecular weight is 588 g/mol. The van der Waals surface area contributed by atoms with Crippen LogP contribution in [0.25, 0.3) is 10.9 Å². The number of carbonyl (C=O) groups is 2. The number of aromatic nitrogens is 3. The van der Waals surface area contributed by atoms with Gasteiger partial charge in [0.1, 0.15) is 5.69 Å². The van der Waals surface area contributed by atoms with Crippen LogP contribution in [0.1, 0.15) is 68.5 Å². The first-order valence-corrected chi connectivity index (χ1v) is 17.7. The molecule has 2 amide bonds. The highest BCUT2D eigenvalue weighted by Gasteiger charge is 2.37. The van der Waals surface area contributed by atoms with Crippen LogP contribution in [0.2, 0.25) is 18.1 Å². The van der Waals surface area contributed by atoms with Crippen molar-refractivity contribution in [2.24, 2.45) is 5.73 Å². The van der Waals surface area contributed by atoms with Gasteiger partial charge in [0.2, 0.25) is 5.91 Å². The molecule has 3 N–H and O–H groups in total. The Morgan fingerprint density at radius 2 is 1.83 bits per heavy atom. The predicted octanol–water partition coefficient (Wildman–Crippen LogP) is 6.94. The minimum Gasteiger partial charge on any atom is -0.415 e. The number of fused-ring (bicyclic) bond motifs is 1. The van der Waals surface area contributed by atoms with Crippen molar-refractivity contribution in [2.45, 2.75) is 83.6 Å². The van der Waals surface area contributed by atoms with E-state index in [2.05, 4.69) is 85.3 Å². The summed E-state index contributed by atoms with van der Waals surface area (Å²) in [5.41, 5.74) is 8.89. The standard InChI is InChI=1S/C33H45N5O3Si/c1-33(2,3)42(4,5)41-23-28(38-22-29(32(34)40)35-24-38)18-20-37-19-17-26-15-16-27(21-30(26)37)36-31(39)14-10-9-13-25-11-7-6-8-12-25/h6-8,11-12,15-17,19,21-22,24,28H,9-10,13-14,18,20,23H2,1-5H3,(H2,34,40)(H,36,39)/t28-/m1/s1. The molecular formula is C33H45N5O3Si. The van der Waals surface area contributed by atoms with E-state index in [1.807, 2.05) is 28.8 Å². The molecular weight excluding hydrogens is 542 g/mol. The van der Waals surface area contributed by atoms with Gasteiger partial charge in [-0.2, -0.15) is 0 Å². The van der Waals surface area contributed by atoms with E-state index in [-0.39, 0.29) is 22.7 Å². The minimum absolute atomic E-state index is 0.0176. The third-order valence-electron chi connectivity index (χ3n) is 8.44. The van der Waals surface area contributed by atoms with E-state index < -0.39 is 14.2 Å². The monoisotopic (exact) mass is 587 g/mol. The number of hydrogen-bond acceptors (Lipinski definition) is 4. The van der Waals surface area contributed by atoms with Crippen LogP contribution in [0, 0.1) is 0 Å². The molecule has 4 rings (SSSR count). The molecule has 2 aromatic heterocycles. The van der Waals surface area contributed by atoms with Gasteiger partial charge >= 0.3 is 0 Å². The number of amides is 2. The van der Waals surface area contributed by atoms with Crippen LogP contribution in [0.15, 0.2) is 73.3 Å². The van der Waals surface area contributed by atoms with Gasteiger partial charge in [0, 0.05) is 31.0 Å². The molecule has 2 aromatic carbocycles. The number of rotatable bonds is 14. The molecule has 0 spiro atoms. The second-order valence-electron chi connectivity index (χ2n) is 12.6. The van der Waals surface area contributed by atoms with Gasteiger partial charge in [-0.3, -0.25) is 9.59 Å². The highest BCUT2D eigenvalue weighted by molar-refractivity contribution is 6.74. The Hall–Kier alpha value is -3.69. The highest BCUT2D eigenvalue weighted by atomic mass is 28.4. The van der Waals surface area contributed by atoms with Crippen molar-refractivity contribution in [3.05, 3.63) is 84.6 Å². The molecule has 8 nitrogen and oxygen atoms in total. The van der Waals surface area contributed by atoms with Crippen LogP contribution < -0.4 is 11.1 Å². The summed E-state index contributed by atoms with van der Waals surface area (Å²) in [7, 11) is -1.98. The van der Waals surface area contributed by atoms with Crippen molar-refractivity contribution in [2.75, 3.05) is 11.9 Å². The second kappa shape index (κ2) is 13.5. The number of anilines is 1. The normalized spacial score (nSPS) is 12.9. The van der Waals surface area contributed by atoms with Crippen molar-refractivity contribution >= 4 is 36.7 Å². The van der Waals surface area contributed by atoms with Crippen molar-refractivity contribution < 1.29 is 14.0 Å². The Morgan fingerprint density at radius 3 is 2.52 bits per heavy atom. The smallest absolute Gasteiger partial charge is 0.268 e. The fourth-order valence-electron chi connectivity index (χ4n) is 4.73. The van der Waals surface area contributed by atoms with Gasteiger partial charge in [-0.25, -0.2) is 4.98 Å². The van der Waals surface area contributed by atoms with E-state index in [4.69, 9.17) is 10.2 Å². The first-order chi connectivity index (χ1) is 19.9. The summed E-state index contributed by atoms with van der Waals surface area (Å²) < 4.78 is 10.7. The van der Waals surface area contributed by atoms with Crippen LogP contribution in [-0.4, -0.2) is 40.9 Å². The van der Waals surface area contributed by atoms with Crippen LogP contribution >= 0.6 is 0 Å². The summed E-state index contributed by atoms with van der Waals surface area (Å²) in [5, 5.41) is 4.28. The minimum atomic E-state index is -1.98.